The van der Waals surface area contributed by atoms with Gasteiger partial charge in [-0.3, -0.25) is 0 Å². The van der Waals surface area contributed by atoms with Gasteiger partial charge in [-0.2, -0.15) is 0 Å². The van der Waals surface area contributed by atoms with Crippen LogP contribution in [0.2, 0.25) is 0 Å². The summed E-state index contributed by atoms with van der Waals surface area (Å²) in [5, 5.41) is 8.58. The molecule has 30 heavy (non-hydrogen) atoms. The zero-order valence-corrected chi connectivity index (χ0v) is 19.9. The smallest absolute Gasteiger partial charge is 0.330 e. The van der Waals surface area contributed by atoms with E-state index < -0.39 is 5.97 Å². The number of ether oxygens (including phenoxy) is 1. The molecule has 176 valence electrons. The molecule has 0 saturated carbocycles. The molecule has 0 aliphatic rings. The first-order valence-electron chi connectivity index (χ1n) is 12.2. The van der Waals surface area contributed by atoms with E-state index in [0.29, 0.717) is 18.6 Å². The summed E-state index contributed by atoms with van der Waals surface area (Å²) in [6, 6.07) is 0. The summed E-state index contributed by atoms with van der Waals surface area (Å²) in [6.45, 7) is 11.8. The van der Waals surface area contributed by atoms with Gasteiger partial charge >= 0.3 is 11.9 Å². The maximum atomic E-state index is 10.7. The lowest BCUT2D eigenvalue weighted by molar-refractivity contribution is -0.138. The van der Waals surface area contributed by atoms with Gasteiger partial charge in [0, 0.05) is 11.6 Å². The Kier molecular flexibility index (Phi) is 26.0. The Hall–Kier alpha value is -1.58. The fourth-order valence-corrected chi connectivity index (χ4v) is 3.05. The van der Waals surface area contributed by atoms with E-state index in [1.54, 1.807) is 0 Å². The number of hydrogen-bond donors (Lipinski definition) is 1. The fourth-order valence-electron chi connectivity index (χ4n) is 3.05. The van der Waals surface area contributed by atoms with Crippen molar-refractivity contribution in [1.29, 1.82) is 0 Å². The third kappa shape index (κ3) is 26.4. The van der Waals surface area contributed by atoms with Gasteiger partial charge in [0.1, 0.15) is 0 Å². The van der Waals surface area contributed by atoms with Crippen LogP contribution in [-0.4, -0.2) is 23.7 Å². The highest BCUT2D eigenvalue weighted by molar-refractivity contribution is 5.85. The van der Waals surface area contributed by atoms with Gasteiger partial charge in [-0.1, -0.05) is 117 Å². The van der Waals surface area contributed by atoms with Gasteiger partial charge < -0.3 is 9.84 Å². The lowest BCUT2D eigenvalue weighted by Crippen LogP contribution is -2.01. The second-order valence-corrected chi connectivity index (χ2v) is 7.98. The van der Waals surface area contributed by atoms with Crippen LogP contribution in [0.4, 0.5) is 0 Å². The molecule has 0 unspecified atom stereocenters. The molecule has 0 aliphatic heterocycles. The van der Waals surface area contributed by atoms with E-state index in [1.165, 1.54) is 83.1 Å². The van der Waals surface area contributed by atoms with Crippen molar-refractivity contribution in [3.05, 3.63) is 24.8 Å². The predicted octanol–water partition coefficient (Wildman–Crippen LogP) is 8.01. The quantitative estimate of drug-likeness (QED) is 0.122. The summed E-state index contributed by atoms with van der Waals surface area (Å²) in [5.74, 6) is -1.16. The summed E-state index contributed by atoms with van der Waals surface area (Å²) in [6.07, 6.45) is 21.9. The monoisotopic (exact) mass is 424 g/mol. The zero-order chi connectivity index (χ0) is 22.9. The topological polar surface area (TPSA) is 63.6 Å². The third-order valence-corrected chi connectivity index (χ3v) is 5.04. The van der Waals surface area contributed by atoms with Crippen molar-refractivity contribution in [3.63, 3.8) is 0 Å². The van der Waals surface area contributed by atoms with Gasteiger partial charge in [0.15, 0.2) is 0 Å². The molecule has 0 heterocycles. The largest absolute Gasteiger partial charge is 0.478 e. The van der Waals surface area contributed by atoms with Crippen LogP contribution in [0.5, 0.6) is 0 Å². The van der Waals surface area contributed by atoms with Crippen molar-refractivity contribution in [2.24, 2.45) is 0 Å². The van der Waals surface area contributed by atoms with E-state index in [1.807, 2.05) is 0 Å². The molecule has 1 N–H and O–H groups in total. The maximum Gasteiger partial charge on any atom is 0.330 e. The first kappa shape index (κ1) is 30.6. The minimum atomic E-state index is -0.849. The molecule has 0 aliphatic carbocycles. The fraction of sp³-hybridized carbons (Fsp3) is 0.769. The Bertz CT molecular complexity index is 427. The molecular formula is C26H48O4. The predicted molar refractivity (Wildman–Crippen MR) is 128 cm³/mol. The number of rotatable bonds is 20. The van der Waals surface area contributed by atoms with E-state index in [0.717, 1.165) is 25.7 Å². The van der Waals surface area contributed by atoms with Crippen LogP contribution in [0, 0.1) is 0 Å². The number of carbonyl (C=O) groups excluding carboxylic acids is 1. The Morgan fingerprint density at radius 2 is 1.13 bits per heavy atom. The molecule has 4 heteroatoms. The summed E-state index contributed by atoms with van der Waals surface area (Å²) in [7, 11) is 0. The van der Waals surface area contributed by atoms with E-state index in [-0.39, 0.29) is 5.97 Å². The molecule has 0 aromatic rings. The minimum absolute atomic E-state index is 0.307. The van der Waals surface area contributed by atoms with Crippen molar-refractivity contribution in [2.45, 2.75) is 123 Å². The minimum Gasteiger partial charge on any atom is -0.478 e. The number of esters is 1. The van der Waals surface area contributed by atoms with Crippen molar-refractivity contribution in [3.8, 4) is 0 Å². The molecule has 0 amide bonds. The van der Waals surface area contributed by atoms with Crippen LogP contribution in [0.15, 0.2) is 24.8 Å². The first-order valence-corrected chi connectivity index (χ1v) is 12.2. The van der Waals surface area contributed by atoms with Crippen LogP contribution < -0.4 is 0 Å². The van der Waals surface area contributed by atoms with Crippen LogP contribution in [-0.2, 0) is 14.3 Å². The molecule has 0 rings (SSSR count). The lowest BCUT2D eigenvalue weighted by atomic mass is 10.1. The van der Waals surface area contributed by atoms with E-state index in [2.05, 4.69) is 27.0 Å². The Balaban J connectivity index is 0. The zero-order valence-electron chi connectivity index (χ0n) is 19.9. The molecule has 0 saturated heterocycles. The van der Waals surface area contributed by atoms with Gasteiger partial charge in [-0.15, -0.1) is 0 Å². The van der Waals surface area contributed by atoms with Crippen LogP contribution in [0.3, 0.4) is 0 Å². The van der Waals surface area contributed by atoms with Crippen molar-refractivity contribution in [1.82, 2.24) is 0 Å². The lowest BCUT2D eigenvalue weighted by Gasteiger charge is -2.02. The van der Waals surface area contributed by atoms with Crippen LogP contribution in [0.25, 0.3) is 0 Å². The van der Waals surface area contributed by atoms with Gasteiger partial charge in [-0.25, -0.2) is 9.59 Å². The standard InChI is InChI=1S/2C13H24O2/c1-3-4-5-6-7-8-9-10-11-12(2)13(14)15;1-3-5-6-7-8-9-10-11-12-15-13(14)4-2/h2-11H2,1H3,(H,14,15);4H,2-3,5-12H2,1H3. The normalized spacial score (nSPS) is 10.1. The van der Waals surface area contributed by atoms with Gasteiger partial charge in [0.05, 0.1) is 6.61 Å². The van der Waals surface area contributed by atoms with Crippen LogP contribution in [0.1, 0.15) is 123 Å². The molecule has 0 atom stereocenters. The molecule has 0 bridgehead atoms. The number of hydrogen-bond acceptors (Lipinski definition) is 3. The number of carboxylic acids is 1. The van der Waals surface area contributed by atoms with Gasteiger partial charge in [0.2, 0.25) is 0 Å². The molecule has 0 radical (unpaired) electrons. The Labute approximate surface area is 186 Å². The molecule has 4 nitrogen and oxygen atoms in total. The summed E-state index contributed by atoms with van der Waals surface area (Å²) in [4.78, 5) is 21.1. The number of aliphatic carboxylic acids is 1. The molecular weight excluding hydrogens is 376 g/mol. The second kappa shape index (κ2) is 25.5. The van der Waals surface area contributed by atoms with E-state index >= 15 is 0 Å². The number of carboxylic acid groups (broad SMARTS) is 1. The summed E-state index contributed by atoms with van der Waals surface area (Å²) in [5.41, 5.74) is 0.348. The molecule has 0 aromatic carbocycles. The van der Waals surface area contributed by atoms with Crippen molar-refractivity contribution >= 4 is 11.9 Å². The third-order valence-electron chi connectivity index (χ3n) is 5.04. The molecule has 0 aromatic heterocycles. The molecule has 0 fully saturated rings. The van der Waals surface area contributed by atoms with Gasteiger partial charge in [0.25, 0.3) is 0 Å². The Morgan fingerprint density at radius 3 is 1.53 bits per heavy atom. The highest BCUT2D eigenvalue weighted by atomic mass is 16.5. The SMILES string of the molecule is C=C(CCCCCCCCCC)C(=O)O.C=CC(=O)OCCCCCCCCCC. The average molecular weight is 425 g/mol. The highest BCUT2D eigenvalue weighted by Gasteiger charge is 2.02. The highest BCUT2D eigenvalue weighted by Crippen LogP contribution is 2.12. The van der Waals surface area contributed by atoms with Crippen molar-refractivity contribution in [2.75, 3.05) is 6.61 Å². The van der Waals surface area contributed by atoms with Crippen molar-refractivity contribution < 1.29 is 19.4 Å². The van der Waals surface area contributed by atoms with E-state index in [4.69, 9.17) is 9.84 Å². The Morgan fingerprint density at radius 1 is 0.733 bits per heavy atom. The van der Waals surface area contributed by atoms with Crippen LogP contribution >= 0.6 is 0 Å². The van der Waals surface area contributed by atoms with E-state index in [9.17, 15) is 9.59 Å². The van der Waals surface area contributed by atoms with Gasteiger partial charge in [-0.05, 0) is 19.3 Å². The number of carbonyl (C=O) groups is 2. The first-order chi connectivity index (χ1) is 14.5. The average Bonchev–Trinajstić information content (AvgIpc) is 2.74. The summed E-state index contributed by atoms with van der Waals surface area (Å²) < 4.78 is 4.88. The number of unbranched alkanes of at least 4 members (excludes halogenated alkanes) is 14. The summed E-state index contributed by atoms with van der Waals surface area (Å²) >= 11 is 0. The second-order valence-electron chi connectivity index (χ2n) is 7.98. The molecule has 0 spiro atoms. The maximum absolute atomic E-state index is 10.7.